The lowest BCUT2D eigenvalue weighted by molar-refractivity contribution is 0.101. The molecular formula is C9H8BrFO2. The Morgan fingerprint density at radius 1 is 1.54 bits per heavy atom. The van der Waals surface area contributed by atoms with Crippen molar-refractivity contribution >= 4 is 21.7 Å². The first-order valence-electron chi connectivity index (χ1n) is 3.61. The van der Waals surface area contributed by atoms with E-state index in [1.54, 1.807) is 0 Å². The van der Waals surface area contributed by atoms with E-state index < -0.39 is 5.82 Å². The summed E-state index contributed by atoms with van der Waals surface area (Å²) in [5.41, 5.74) is 0.318. The van der Waals surface area contributed by atoms with Crippen molar-refractivity contribution in [3.05, 3.63) is 28.0 Å². The number of hydrogen-bond donors (Lipinski definition) is 0. The summed E-state index contributed by atoms with van der Waals surface area (Å²) in [6.45, 7) is 1.38. The molecule has 0 saturated heterocycles. The second kappa shape index (κ2) is 3.87. The molecule has 1 aromatic carbocycles. The van der Waals surface area contributed by atoms with Gasteiger partial charge >= 0.3 is 0 Å². The van der Waals surface area contributed by atoms with Gasteiger partial charge in [0.25, 0.3) is 0 Å². The fraction of sp³-hybridized carbons (Fsp3) is 0.222. The van der Waals surface area contributed by atoms with Crippen LogP contribution in [0, 0.1) is 5.82 Å². The monoisotopic (exact) mass is 246 g/mol. The highest BCUT2D eigenvalue weighted by atomic mass is 79.9. The average molecular weight is 247 g/mol. The molecular weight excluding hydrogens is 239 g/mol. The van der Waals surface area contributed by atoms with E-state index in [9.17, 15) is 9.18 Å². The summed E-state index contributed by atoms with van der Waals surface area (Å²) < 4.78 is 18.2. The van der Waals surface area contributed by atoms with Gasteiger partial charge in [-0.2, -0.15) is 0 Å². The molecule has 0 N–H and O–H groups in total. The highest BCUT2D eigenvalue weighted by molar-refractivity contribution is 9.10. The maximum absolute atomic E-state index is 13.3. The molecule has 2 nitrogen and oxygen atoms in total. The number of methoxy groups -OCH3 is 1. The fourth-order valence-corrected chi connectivity index (χ4v) is 1.57. The minimum absolute atomic E-state index is 0.122. The number of benzene rings is 1. The third-order valence-electron chi connectivity index (χ3n) is 1.65. The van der Waals surface area contributed by atoms with Gasteiger partial charge in [0.15, 0.2) is 17.3 Å². The largest absolute Gasteiger partial charge is 0.494 e. The van der Waals surface area contributed by atoms with Crippen molar-refractivity contribution in [2.75, 3.05) is 7.11 Å². The summed E-state index contributed by atoms with van der Waals surface area (Å²) in [5.74, 6) is -0.611. The van der Waals surface area contributed by atoms with E-state index >= 15 is 0 Å². The van der Waals surface area contributed by atoms with Gasteiger partial charge in [0.1, 0.15) is 0 Å². The van der Waals surface area contributed by atoms with Gasteiger partial charge in [-0.15, -0.1) is 0 Å². The molecule has 4 heteroatoms. The highest BCUT2D eigenvalue weighted by Crippen LogP contribution is 2.28. The lowest BCUT2D eigenvalue weighted by atomic mass is 10.1. The van der Waals surface area contributed by atoms with Gasteiger partial charge < -0.3 is 4.74 Å². The van der Waals surface area contributed by atoms with Crippen LogP contribution in [0.15, 0.2) is 16.6 Å². The predicted octanol–water partition coefficient (Wildman–Crippen LogP) is 2.80. The Balaban J connectivity index is 3.31. The van der Waals surface area contributed by atoms with Gasteiger partial charge in [-0.1, -0.05) is 0 Å². The van der Waals surface area contributed by atoms with Gasteiger partial charge in [0, 0.05) is 5.56 Å². The summed E-state index contributed by atoms with van der Waals surface area (Å²) in [4.78, 5) is 11.0. The normalized spacial score (nSPS) is 9.85. The summed E-state index contributed by atoms with van der Waals surface area (Å²) in [6, 6.07) is 2.95. The molecule has 0 fully saturated rings. The first-order chi connectivity index (χ1) is 6.07. The third-order valence-corrected chi connectivity index (χ3v) is 2.42. The number of halogens is 2. The van der Waals surface area contributed by atoms with Gasteiger partial charge in [-0.3, -0.25) is 4.79 Å². The first kappa shape index (κ1) is 10.2. The Kier molecular flexibility index (Phi) is 3.03. The first-order valence-corrected chi connectivity index (χ1v) is 4.40. The maximum atomic E-state index is 13.3. The number of carbonyl (C=O) groups excluding carboxylic acids is 1. The SMILES string of the molecule is COc1ccc(C(C)=O)c(Br)c1F. The summed E-state index contributed by atoms with van der Waals surface area (Å²) in [5, 5.41) is 0. The standard InChI is InChI=1S/C9H8BrFO2/c1-5(12)6-3-4-7(13-2)9(11)8(6)10/h3-4H,1-2H3. The van der Waals surface area contributed by atoms with Crippen molar-refractivity contribution in [3.8, 4) is 5.75 Å². The van der Waals surface area contributed by atoms with E-state index in [4.69, 9.17) is 4.74 Å². The molecule has 0 amide bonds. The molecule has 0 bridgehead atoms. The molecule has 0 radical (unpaired) electrons. The minimum Gasteiger partial charge on any atom is -0.494 e. The van der Waals surface area contributed by atoms with Gasteiger partial charge in [-0.05, 0) is 35.0 Å². The second-order valence-corrected chi connectivity index (χ2v) is 3.29. The summed E-state index contributed by atoms with van der Waals surface area (Å²) in [6.07, 6.45) is 0. The molecule has 0 aromatic heterocycles. The van der Waals surface area contributed by atoms with Crippen LogP contribution in [0.25, 0.3) is 0 Å². The number of carbonyl (C=O) groups is 1. The van der Waals surface area contributed by atoms with Crippen LogP contribution in [0.5, 0.6) is 5.75 Å². The molecule has 0 atom stereocenters. The Bertz CT molecular complexity index is 350. The third kappa shape index (κ3) is 1.88. The molecule has 70 valence electrons. The summed E-state index contributed by atoms with van der Waals surface area (Å²) >= 11 is 3.00. The van der Waals surface area contributed by atoms with Crippen molar-refractivity contribution in [1.29, 1.82) is 0 Å². The van der Waals surface area contributed by atoms with Crippen molar-refractivity contribution < 1.29 is 13.9 Å². The zero-order valence-electron chi connectivity index (χ0n) is 7.23. The van der Waals surface area contributed by atoms with E-state index in [0.29, 0.717) is 5.56 Å². The van der Waals surface area contributed by atoms with E-state index in [1.807, 2.05) is 0 Å². The van der Waals surface area contributed by atoms with Crippen LogP contribution < -0.4 is 4.74 Å². The Labute approximate surface area is 83.8 Å². The van der Waals surface area contributed by atoms with E-state index in [-0.39, 0.29) is 16.0 Å². The maximum Gasteiger partial charge on any atom is 0.179 e. The smallest absolute Gasteiger partial charge is 0.179 e. The molecule has 0 heterocycles. The van der Waals surface area contributed by atoms with Crippen molar-refractivity contribution in [1.82, 2.24) is 0 Å². The second-order valence-electron chi connectivity index (χ2n) is 2.50. The molecule has 0 saturated carbocycles. The van der Waals surface area contributed by atoms with Crippen LogP contribution in [0.1, 0.15) is 17.3 Å². The van der Waals surface area contributed by atoms with Crippen LogP contribution in [-0.4, -0.2) is 12.9 Å². The lowest BCUT2D eigenvalue weighted by Gasteiger charge is -2.05. The number of rotatable bonds is 2. The summed E-state index contributed by atoms with van der Waals surface area (Å²) in [7, 11) is 1.37. The molecule has 0 spiro atoms. The van der Waals surface area contributed by atoms with Crippen LogP contribution in [-0.2, 0) is 0 Å². The van der Waals surface area contributed by atoms with Crippen molar-refractivity contribution in [2.24, 2.45) is 0 Å². The van der Waals surface area contributed by atoms with Crippen LogP contribution >= 0.6 is 15.9 Å². The number of ketones is 1. The van der Waals surface area contributed by atoms with Gasteiger partial charge in [0.05, 0.1) is 11.6 Å². The zero-order valence-corrected chi connectivity index (χ0v) is 8.81. The predicted molar refractivity (Wildman–Crippen MR) is 50.7 cm³/mol. The fourth-order valence-electron chi connectivity index (χ4n) is 0.961. The molecule has 13 heavy (non-hydrogen) atoms. The minimum atomic E-state index is -0.546. The van der Waals surface area contributed by atoms with Crippen LogP contribution in [0.2, 0.25) is 0 Å². The Morgan fingerprint density at radius 3 is 2.62 bits per heavy atom. The Hall–Kier alpha value is -0.900. The number of hydrogen-bond acceptors (Lipinski definition) is 2. The topological polar surface area (TPSA) is 26.3 Å². The van der Waals surface area contributed by atoms with E-state index in [2.05, 4.69) is 15.9 Å². The number of ether oxygens (including phenoxy) is 1. The highest BCUT2D eigenvalue weighted by Gasteiger charge is 2.13. The van der Waals surface area contributed by atoms with Gasteiger partial charge in [-0.25, -0.2) is 4.39 Å². The molecule has 1 aromatic rings. The van der Waals surface area contributed by atoms with Crippen LogP contribution in [0.4, 0.5) is 4.39 Å². The average Bonchev–Trinajstić information content (AvgIpc) is 2.09. The molecule has 0 aliphatic carbocycles. The molecule has 0 unspecified atom stereocenters. The van der Waals surface area contributed by atoms with Crippen LogP contribution in [0.3, 0.4) is 0 Å². The van der Waals surface area contributed by atoms with E-state index in [1.165, 1.54) is 26.2 Å². The van der Waals surface area contributed by atoms with Gasteiger partial charge in [0.2, 0.25) is 0 Å². The molecule has 0 aliphatic heterocycles. The lowest BCUT2D eigenvalue weighted by Crippen LogP contribution is -1.98. The van der Waals surface area contributed by atoms with Crippen molar-refractivity contribution in [2.45, 2.75) is 6.92 Å². The Morgan fingerprint density at radius 2 is 2.15 bits per heavy atom. The molecule has 0 aliphatic rings. The zero-order chi connectivity index (χ0) is 10.0. The quantitative estimate of drug-likeness (QED) is 0.751. The molecule has 1 rings (SSSR count). The van der Waals surface area contributed by atoms with Crippen molar-refractivity contribution in [3.63, 3.8) is 0 Å². The van der Waals surface area contributed by atoms with E-state index in [0.717, 1.165) is 0 Å². The number of Topliss-reactive ketones (excluding diaryl/α,β-unsaturated/α-hetero) is 1.